The molecule has 0 radical (unpaired) electrons. The van der Waals surface area contributed by atoms with Gasteiger partial charge in [-0.25, -0.2) is 0 Å². The second-order valence-corrected chi connectivity index (χ2v) is 7.78. The first-order chi connectivity index (χ1) is 15.2. The van der Waals surface area contributed by atoms with E-state index in [1.807, 2.05) is 6.92 Å². The molecule has 1 N–H and O–H groups in total. The van der Waals surface area contributed by atoms with Crippen LogP contribution >= 0.6 is 0 Å². The average Bonchev–Trinajstić information content (AvgIpc) is 2.78. The van der Waals surface area contributed by atoms with Crippen LogP contribution in [0.2, 0.25) is 0 Å². The van der Waals surface area contributed by atoms with Gasteiger partial charge in [0, 0.05) is 56.6 Å². The van der Waals surface area contributed by atoms with Crippen molar-refractivity contribution < 1.29 is 27.4 Å². The Morgan fingerprint density at radius 1 is 1.03 bits per heavy atom. The van der Waals surface area contributed by atoms with E-state index in [1.165, 1.54) is 12.1 Å². The second-order valence-electron chi connectivity index (χ2n) is 7.78. The number of amides is 1. The van der Waals surface area contributed by atoms with Crippen LogP contribution in [0, 0.1) is 0 Å². The number of alkyl halides is 3. The van der Waals surface area contributed by atoms with Crippen LogP contribution in [0.1, 0.15) is 18.1 Å². The lowest BCUT2D eigenvalue weighted by Gasteiger charge is -2.37. The van der Waals surface area contributed by atoms with Crippen molar-refractivity contribution in [3.63, 3.8) is 0 Å². The first kappa shape index (κ1) is 23.9. The van der Waals surface area contributed by atoms with E-state index in [0.717, 1.165) is 6.07 Å². The molecule has 32 heavy (non-hydrogen) atoms. The molecule has 3 rings (SSSR count). The molecule has 1 aliphatic rings. The van der Waals surface area contributed by atoms with Gasteiger partial charge in [-0.2, -0.15) is 13.2 Å². The summed E-state index contributed by atoms with van der Waals surface area (Å²) in [5.41, 5.74) is 0.584. The van der Waals surface area contributed by atoms with Crippen molar-refractivity contribution in [1.29, 1.82) is 0 Å². The fourth-order valence-electron chi connectivity index (χ4n) is 3.71. The van der Waals surface area contributed by atoms with Crippen LogP contribution in [-0.2, 0) is 17.5 Å². The molecule has 1 aliphatic heterocycles. The van der Waals surface area contributed by atoms with Gasteiger partial charge < -0.3 is 14.8 Å². The Morgan fingerprint density at radius 3 is 2.22 bits per heavy atom. The molecule has 1 amide bonds. The van der Waals surface area contributed by atoms with E-state index in [1.54, 1.807) is 38.5 Å². The number of nitrogens with one attached hydrogen (secondary N) is 1. The number of methoxy groups -OCH3 is 2. The molecule has 9 heteroatoms. The first-order valence-corrected chi connectivity index (χ1v) is 10.4. The summed E-state index contributed by atoms with van der Waals surface area (Å²) in [5, 5.41) is 2.90. The third-order valence-corrected chi connectivity index (χ3v) is 5.61. The Morgan fingerprint density at radius 2 is 1.66 bits per heavy atom. The van der Waals surface area contributed by atoms with Crippen LogP contribution in [0.3, 0.4) is 0 Å². The van der Waals surface area contributed by atoms with Crippen molar-refractivity contribution in [1.82, 2.24) is 9.80 Å². The lowest BCUT2D eigenvalue weighted by Crippen LogP contribution is -2.52. The van der Waals surface area contributed by atoms with Gasteiger partial charge in [0.1, 0.15) is 11.5 Å². The minimum atomic E-state index is -4.34. The first-order valence-electron chi connectivity index (χ1n) is 10.4. The van der Waals surface area contributed by atoms with Gasteiger partial charge in [-0.3, -0.25) is 14.6 Å². The zero-order valence-electron chi connectivity index (χ0n) is 18.4. The minimum absolute atomic E-state index is 0.147. The summed E-state index contributed by atoms with van der Waals surface area (Å²) in [5.74, 6) is 1.01. The average molecular weight is 451 g/mol. The van der Waals surface area contributed by atoms with Gasteiger partial charge in [0.2, 0.25) is 5.91 Å². The highest BCUT2D eigenvalue weighted by Gasteiger charge is 2.31. The number of rotatable bonds is 7. The third-order valence-electron chi connectivity index (χ3n) is 5.61. The number of ether oxygens (including phenoxy) is 2. The van der Waals surface area contributed by atoms with Crippen molar-refractivity contribution in [2.24, 2.45) is 0 Å². The SMILES string of the molecule is COc1cc(NC(=O)C(C)N2CCN(Cc3cccc(C(F)(F)F)c3)CC2)cc(OC)c1. The molecule has 6 nitrogen and oxygen atoms in total. The highest BCUT2D eigenvalue weighted by atomic mass is 19.4. The number of nitrogens with zero attached hydrogens (tertiary/aromatic N) is 2. The van der Waals surface area contributed by atoms with Gasteiger partial charge in [-0.15, -0.1) is 0 Å². The van der Waals surface area contributed by atoms with Crippen LogP contribution in [0.5, 0.6) is 11.5 Å². The molecule has 1 saturated heterocycles. The van der Waals surface area contributed by atoms with Crippen LogP contribution in [-0.4, -0.2) is 62.1 Å². The van der Waals surface area contributed by atoms with Gasteiger partial charge >= 0.3 is 6.18 Å². The zero-order valence-corrected chi connectivity index (χ0v) is 18.4. The molecule has 1 heterocycles. The lowest BCUT2D eigenvalue weighted by atomic mass is 10.1. The molecule has 2 aromatic rings. The van der Waals surface area contributed by atoms with Crippen molar-refractivity contribution in [2.45, 2.75) is 25.7 Å². The maximum atomic E-state index is 12.9. The van der Waals surface area contributed by atoms with Crippen molar-refractivity contribution >= 4 is 11.6 Å². The van der Waals surface area contributed by atoms with Gasteiger partial charge in [-0.05, 0) is 18.6 Å². The van der Waals surface area contributed by atoms with Gasteiger partial charge in [-0.1, -0.05) is 18.2 Å². The van der Waals surface area contributed by atoms with Crippen molar-refractivity contribution in [3.05, 3.63) is 53.6 Å². The predicted molar refractivity (Wildman–Crippen MR) is 116 cm³/mol. The quantitative estimate of drug-likeness (QED) is 0.693. The monoisotopic (exact) mass is 451 g/mol. The number of carbonyl (C=O) groups is 1. The molecule has 0 saturated carbocycles. The summed E-state index contributed by atoms with van der Waals surface area (Å²) in [6, 6.07) is 10.2. The Bertz CT molecular complexity index is 906. The lowest BCUT2D eigenvalue weighted by molar-refractivity contribution is -0.137. The maximum absolute atomic E-state index is 12.9. The predicted octanol–water partition coefficient (Wildman–Crippen LogP) is 3.87. The number of carbonyl (C=O) groups excluding carboxylic acids is 1. The molecule has 1 fully saturated rings. The van der Waals surface area contributed by atoms with E-state index in [2.05, 4.69) is 15.1 Å². The molecule has 0 bridgehead atoms. The summed E-state index contributed by atoms with van der Waals surface area (Å²) in [7, 11) is 3.09. The molecule has 0 aromatic heterocycles. The van der Waals surface area contributed by atoms with Gasteiger partial charge in [0.05, 0.1) is 25.8 Å². The fraction of sp³-hybridized carbons (Fsp3) is 0.435. The molecular weight excluding hydrogens is 423 g/mol. The van der Waals surface area contributed by atoms with Crippen molar-refractivity contribution in [2.75, 3.05) is 45.7 Å². The van der Waals surface area contributed by atoms with E-state index >= 15 is 0 Å². The van der Waals surface area contributed by atoms with Gasteiger partial charge in [0.15, 0.2) is 0 Å². The highest BCUT2D eigenvalue weighted by Crippen LogP contribution is 2.30. The Labute approximate surface area is 185 Å². The minimum Gasteiger partial charge on any atom is -0.497 e. The van der Waals surface area contributed by atoms with E-state index in [0.29, 0.717) is 55.5 Å². The van der Waals surface area contributed by atoms with Crippen LogP contribution in [0.25, 0.3) is 0 Å². The number of anilines is 1. The largest absolute Gasteiger partial charge is 0.497 e. The molecule has 174 valence electrons. The molecular formula is C23H28F3N3O3. The standard InChI is InChI=1S/C23H28F3N3O3/c1-16(22(30)27-19-12-20(31-2)14-21(13-19)32-3)29-9-7-28(8-10-29)15-17-5-4-6-18(11-17)23(24,25)26/h4-6,11-14,16H,7-10,15H2,1-3H3,(H,27,30). The topological polar surface area (TPSA) is 54.0 Å². The van der Waals surface area contributed by atoms with Crippen LogP contribution < -0.4 is 14.8 Å². The Kier molecular flexibility index (Phi) is 7.63. The molecule has 2 aromatic carbocycles. The molecule has 0 aliphatic carbocycles. The summed E-state index contributed by atoms with van der Waals surface area (Å²) in [4.78, 5) is 16.9. The number of halogens is 3. The normalized spacial score (nSPS) is 16.4. The zero-order chi connectivity index (χ0) is 23.3. The number of hydrogen-bond acceptors (Lipinski definition) is 5. The Hall–Kier alpha value is -2.78. The van der Waals surface area contributed by atoms with Crippen LogP contribution in [0.15, 0.2) is 42.5 Å². The van der Waals surface area contributed by atoms with E-state index in [4.69, 9.17) is 9.47 Å². The molecule has 1 unspecified atom stereocenters. The number of piperazine rings is 1. The summed E-state index contributed by atoms with van der Waals surface area (Å²) >= 11 is 0. The smallest absolute Gasteiger partial charge is 0.416 e. The van der Waals surface area contributed by atoms with E-state index < -0.39 is 11.7 Å². The van der Waals surface area contributed by atoms with Crippen LogP contribution in [0.4, 0.5) is 18.9 Å². The highest BCUT2D eigenvalue weighted by molar-refractivity contribution is 5.95. The molecule has 1 atom stereocenters. The summed E-state index contributed by atoms with van der Waals surface area (Å²) in [6.45, 7) is 4.92. The number of benzene rings is 2. The fourth-order valence-corrected chi connectivity index (χ4v) is 3.71. The number of hydrogen-bond donors (Lipinski definition) is 1. The second kappa shape index (κ2) is 10.2. The maximum Gasteiger partial charge on any atom is 0.416 e. The van der Waals surface area contributed by atoms with Crippen molar-refractivity contribution in [3.8, 4) is 11.5 Å². The summed E-state index contributed by atoms with van der Waals surface area (Å²) in [6.07, 6.45) is -4.34. The van der Waals surface area contributed by atoms with E-state index in [9.17, 15) is 18.0 Å². The van der Waals surface area contributed by atoms with Gasteiger partial charge in [0.25, 0.3) is 0 Å². The third kappa shape index (κ3) is 6.14. The van der Waals surface area contributed by atoms with E-state index in [-0.39, 0.29) is 11.9 Å². The summed E-state index contributed by atoms with van der Waals surface area (Å²) < 4.78 is 49.3. The Balaban J connectivity index is 1.54. The molecule has 0 spiro atoms.